The average Bonchev–Trinajstić information content (AvgIpc) is 2.14. The predicted octanol–water partition coefficient (Wildman–Crippen LogP) is 3.27. The van der Waals surface area contributed by atoms with E-state index in [1.165, 1.54) is 0 Å². The molecule has 1 rings (SSSR count). The SMILES string of the molecule is Cc1cc(Br)nc([C@@H](C)N[S+]([O-])C(C)(C)C)c1. The lowest BCUT2D eigenvalue weighted by Gasteiger charge is -2.26. The van der Waals surface area contributed by atoms with Gasteiger partial charge < -0.3 is 4.55 Å². The molecular weight excluding hydrogens is 300 g/mol. The topological polar surface area (TPSA) is 48.0 Å². The summed E-state index contributed by atoms with van der Waals surface area (Å²) in [4.78, 5) is 4.39. The molecule has 5 heteroatoms. The summed E-state index contributed by atoms with van der Waals surface area (Å²) in [7, 11) is 0. The number of aryl methyl sites for hydroxylation is 1. The average molecular weight is 319 g/mol. The van der Waals surface area contributed by atoms with Crippen LogP contribution in [0.2, 0.25) is 0 Å². The van der Waals surface area contributed by atoms with E-state index in [9.17, 15) is 4.55 Å². The van der Waals surface area contributed by atoms with Gasteiger partial charge in [-0.25, -0.2) is 4.98 Å². The van der Waals surface area contributed by atoms with Crippen LogP contribution in [0.4, 0.5) is 0 Å². The molecule has 0 radical (unpaired) electrons. The number of rotatable bonds is 3. The van der Waals surface area contributed by atoms with E-state index >= 15 is 0 Å². The van der Waals surface area contributed by atoms with Crippen LogP contribution in [0.25, 0.3) is 0 Å². The molecule has 3 nitrogen and oxygen atoms in total. The van der Waals surface area contributed by atoms with Gasteiger partial charge >= 0.3 is 0 Å². The normalized spacial score (nSPS) is 15.7. The van der Waals surface area contributed by atoms with Crippen LogP contribution in [0.15, 0.2) is 16.7 Å². The number of nitrogens with zero attached hydrogens (tertiary/aromatic N) is 1. The molecule has 0 aromatic carbocycles. The highest BCUT2D eigenvalue weighted by molar-refractivity contribution is 9.10. The highest BCUT2D eigenvalue weighted by Crippen LogP contribution is 2.20. The molecule has 0 aliphatic heterocycles. The van der Waals surface area contributed by atoms with Gasteiger partial charge in [-0.1, -0.05) is 0 Å². The molecule has 0 amide bonds. The zero-order valence-corrected chi connectivity index (χ0v) is 13.3. The molecule has 1 unspecified atom stereocenters. The fourth-order valence-corrected chi connectivity index (χ4v) is 2.63. The molecule has 1 aromatic heterocycles. The summed E-state index contributed by atoms with van der Waals surface area (Å²) in [6.07, 6.45) is 0. The Hall–Kier alpha value is -0.100. The van der Waals surface area contributed by atoms with Crippen LogP contribution in [0.5, 0.6) is 0 Å². The van der Waals surface area contributed by atoms with E-state index in [0.717, 1.165) is 15.9 Å². The standard InChI is InChI=1S/C12H19BrN2OS/c1-8-6-10(14-11(13)7-8)9(2)15-17(16)12(3,4)5/h6-7,9,15H,1-5H3/t9-,17?/m1/s1. The van der Waals surface area contributed by atoms with Gasteiger partial charge in [-0.15, -0.1) is 4.72 Å². The van der Waals surface area contributed by atoms with E-state index in [0.29, 0.717) is 0 Å². The van der Waals surface area contributed by atoms with E-state index in [4.69, 9.17) is 0 Å². The van der Waals surface area contributed by atoms with Crippen LogP contribution in [0.3, 0.4) is 0 Å². The maximum absolute atomic E-state index is 12.0. The van der Waals surface area contributed by atoms with Crippen molar-refractivity contribution in [2.75, 3.05) is 0 Å². The van der Waals surface area contributed by atoms with Gasteiger partial charge in [0.1, 0.15) is 9.35 Å². The molecule has 0 spiro atoms. The summed E-state index contributed by atoms with van der Waals surface area (Å²) in [5, 5.41) is 0. The summed E-state index contributed by atoms with van der Waals surface area (Å²) in [5.41, 5.74) is 2.03. The Morgan fingerprint density at radius 2 is 2.00 bits per heavy atom. The fourth-order valence-electron chi connectivity index (χ4n) is 1.27. The maximum Gasteiger partial charge on any atom is 0.136 e. The van der Waals surface area contributed by atoms with Crippen molar-refractivity contribution in [1.82, 2.24) is 9.71 Å². The third kappa shape index (κ3) is 4.58. The van der Waals surface area contributed by atoms with Crippen molar-refractivity contribution in [3.8, 4) is 0 Å². The second-order valence-electron chi connectivity index (χ2n) is 5.11. The lowest BCUT2D eigenvalue weighted by Crippen LogP contribution is -2.40. The number of aromatic nitrogens is 1. The van der Waals surface area contributed by atoms with Gasteiger partial charge in [0.25, 0.3) is 0 Å². The molecule has 0 saturated heterocycles. The van der Waals surface area contributed by atoms with Crippen molar-refractivity contribution in [2.45, 2.75) is 45.4 Å². The smallest absolute Gasteiger partial charge is 0.136 e. The van der Waals surface area contributed by atoms with E-state index in [1.807, 2.05) is 46.8 Å². The maximum atomic E-state index is 12.0. The Labute approximate surface area is 115 Å². The zero-order valence-electron chi connectivity index (χ0n) is 10.9. The monoisotopic (exact) mass is 318 g/mol. The van der Waals surface area contributed by atoms with Crippen molar-refractivity contribution in [2.24, 2.45) is 0 Å². The number of halogens is 1. The lowest BCUT2D eigenvalue weighted by molar-refractivity contribution is 0.529. The van der Waals surface area contributed by atoms with Crippen molar-refractivity contribution >= 4 is 27.3 Å². The van der Waals surface area contributed by atoms with E-state index < -0.39 is 11.4 Å². The first-order valence-corrected chi connectivity index (χ1v) is 7.46. The van der Waals surface area contributed by atoms with Crippen molar-refractivity contribution in [3.05, 3.63) is 28.0 Å². The van der Waals surface area contributed by atoms with Crippen LogP contribution in [-0.4, -0.2) is 14.3 Å². The second-order valence-corrected chi connectivity index (χ2v) is 7.92. The Morgan fingerprint density at radius 3 is 2.47 bits per heavy atom. The third-order valence-corrected chi connectivity index (χ3v) is 4.33. The van der Waals surface area contributed by atoms with Crippen LogP contribution in [0.1, 0.15) is 45.0 Å². The summed E-state index contributed by atoms with van der Waals surface area (Å²) < 4.78 is 15.6. The molecule has 0 aliphatic rings. The van der Waals surface area contributed by atoms with Gasteiger partial charge in [-0.05, 0) is 68.2 Å². The molecule has 0 aliphatic carbocycles. The van der Waals surface area contributed by atoms with Crippen LogP contribution in [-0.2, 0) is 11.4 Å². The van der Waals surface area contributed by atoms with Crippen molar-refractivity contribution in [3.63, 3.8) is 0 Å². The highest BCUT2D eigenvalue weighted by Gasteiger charge is 2.28. The molecule has 2 atom stereocenters. The van der Waals surface area contributed by atoms with Crippen LogP contribution >= 0.6 is 15.9 Å². The molecule has 1 heterocycles. The first kappa shape index (κ1) is 15.0. The summed E-state index contributed by atoms with van der Waals surface area (Å²) in [6.45, 7) is 9.83. The first-order chi connectivity index (χ1) is 7.70. The number of pyridine rings is 1. The molecule has 1 N–H and O–H groups in total. The molecule has 0 fully saturated rings. The minimum atomic E-state index is -1.09. The summed E-state index contributed by atoms with van der Waals surface area (Å²) >= 11 is 2.29. The molecule has 0 saturated carbocycles. The summed E-state index contributed by atoms with van der Waals surface area (Å²) in [5.74, 6) is 0. The molecule has 17 heavy (non-hydrogen) atoms. The first-order valence-electron chi connectivity index (χ1n) is 5.52. The fraction of sp³-hybridized carbons (Fsp3) is 0.583. The Bertz CT molecular complexity index is 372. The zero-order chi connectivity index (χ0) is 13.2. The number of hydrogen-bond acceptors (Lipinski definition) is 3. The highest BCUT2D eigenvalue weighted by atomic mass is 79.9. The molecule has 0 bridgehead atoms. The van der Waals surface area contributed by atoms with Crippen molar-refractivity contribution in [1.29, 1.82) is 0 Å². The molecule has 1 aromatic rings. The van der Waals surface area contributed by atoms with Gasteiger partial charge in [0.15, 0.2) is 0 Å². The largest absolute Gasteiger partial charge is 0.598 e. The minimum absolute atomic E-state index is 0.0359. The number of hydrogen-bond donors (Lipinski definition) is 1. The van der Waals surface area contributed by atoms with Crippen LogP contribution < -0.4 is 4.72 Å². The van der Waals surface area contributed by atoms with Gasteiger partial charge in [0.2, 0.25) is 0 Å². The Balaban J connectivity index is 2.79. The Morgan fingerprint density at radius 1 is 1.41 bits per heavy atom. The van der Waals surface area contributed by atoms with E-state index in [-0.39, 0.29) is 10.8 Å². The van der Waals surface area contributed by atoms with Crippen molar-refractivity contribution < 1.29 is 4.55 Å². The number of nitrogens with one attached hydrogen (secondary N) is 1. The Kier molecular flexibility index (Phi) is 5.01. The lowest BCUT2D eigenvalue weighted by atomic mass is 10.2. The quantitative estimate of drug-likeness (QED) is 0.687. The van der Waals surface area contributed by atoms with E-state index in [2.05, 4.69) is 25.6 Å². The predicted molar refractivity (Wildman–Crippen MR) is 76.1 cm³/mol. The second kappa shape index (κ2) is 5.69. The van der Waals surface area contributed by atoms with Gasteiger partial charge in [0, 0.05) is 11.4 Å². The molecule has 96 valence electrons. The minimum Gasteiger partial charge on any atom is -0.598 e. The molecular formula is C12H19BrN2OS. The van der Waals surface area contributed by atoms with Gasteiger partial charge in [-0.2, -0.15) is 0 Å². The summed E-state index contributed by atoms with van der Waals surface area (Å²) in [6, 6.07) is 3.92. The van der Waals surface area contributed by atoms with Crippen LogP contribution in [0, 0.1) is 6.92 Å². The van der Waals surface area contributed by atoms with Gasteiger partial charge in [0.05, 0.1) is 11.7 Å². The third-order valence-electron chi connectivity index (χ3n) is 2.24. The van der Waals surface area contributed by atoms with E-state index in [1.54, 1.807) is 0 Å². The van der Waals surface area contributed by atoms with Gasteiger partial charge in [-0.3, -0.25) is 0 Å².